The minimum Gasteiger partial charge on any atom is -0.395 e. The molecule has 1 saturated heterocycles. The zero-order valence-corrected chi connectivity index (χ0v) is 8.32. The first-order valence-electron chi connectivity index (χ1n) is 5.26. The SMILES string of the molecule is OCCN1CCCC[C@H]1c1ccn[nH]1. The molecule has 1 aliphatic heterocycles. The van der Waals surface area contributed by atoms with Crippen LogP contribution in [0.3, 0.4) is 0 Å². The predicted octanol–water partition coefficient (Wildman–Crippen LogP) is 0.929. The molecule has 0 amide bonds. The van der Waals surface area contributed by atoms with Crippen molar-refractivity contribution in [1.82, 2.24) is 15.1 Å². The molecule has 0 saturated carbocycles. The number of likely N-dealkylation sites (tertiary alicyclic amines) is 1. The highest BCUT2D eigenvalue weighted by molar-refractivity contribution is 5.05. The highest BCUT2D eigenvalue weighted by Crippen LogP contribution is 2.28. The van der Waals surface area contributed by atoms with Gasteiger partial charge in [-0.15, -0.1) is 0 Å². The lowest BCUT2D eigenvalue weighted by molar-refractivity contribution is 0.114. The van der Waals surface area contributed by atoms with Gasteiger partial charge in [-0.3, -0.25) is 10.00 Å². The molecule has 0 spiro atoms. The van der Waals surface area contributed by atoms with Crippen LogP contribution in [-0.4, -0.2) is 39.9 Å². The lowest BCUT2D eigenvalue weighted by Gasteiger charge is -2.34. The van der Waals surface area contributed by atoms with Gasteiger partial charge in [-0.25, -0.2) is 0 Å². The monoisotopic (exact) mass is 195 g/mol. The Morgan fingerprint density at radius 3 is 3.21 bits per heavy atom. The second-order valence-corrected chi connectivity index (χ2v) is 3.78. The van der Waals surface area contributed by atoms with Crippen molar-refractivity contribution in [2.45, 2.75) is 25.3 Å². The van der Waals surface area contributed by atoms with E-state index in [2.05, 4.69) is 15.1 Å². The number of rotatable bonds is 3. The summed E-state index contributed by atoms with van der Waals surface area (Å²) in [5.41, 5.74) is 1.18. The van der Waals surface area contributed by atoms with Crippen molar-refractivity contribution in [3.8, 4) is 0 Å². The maximum Gasteiger partial charge on any atom is 0.0558 e. The van der Waals surface area contributed by atoms with E-state index in [9.17, 15) is 0 Å². The number of hydrogen-bond donors (Lipinski definition) is 2. The van der Waals surface area contributed by atoms with Gasteiger partial charge in [0.1, 0.15) is 0 Å². The Morgan fingerprint density at radius 2 is 2.50 bits per heavy atom. The molecule has 1 atom stereocenters. The summed E-state index contributed by atoms with van der Waals surface area (Å²) < 4.78 is 0. The molecule has 78 valence electrons. The quantitative estimate of drug-likeness (QED) is 0.754. The molecule has 4 heteroatoms. The first kappa shape index (κ1) is 9.68. The van der Waals surface area contributed by atoms with Crippen molar-refractivity contribution < 1.29 is 5.11 Å². The summed E-state index contributed by atoms with van der Waals surface area (Å²) >= 11 is 0. The van der Waals surface area contributed by atoms with E-state index in [4.69, 9.17) is 5.11 Å². The summed E-state index contributed by atoms with van der Waals surface area (Å²) in [6.07, 6.45) is 5.47. The second kappa shape index (κ2) is 4.57. The molecule has 0 bridgehead atoms. The normalized spacial score (nSPS) is 23.9. The van der Waals surface area contributed by atoms with E-state index >= 15 is 0 Å². The molecule has 14 heavy (non-hydrogen) atoms. The Labute approximate surface area is 83.9 Å². The van der Waals surface area contributed by atoms with E-state index in [1.165, 1.54) is 25.0 Å². The number of aliphatic hydroxyl groups is 1. The Balaban J connectivity index is 2.06. The Hall–Kier alpha value is -0.870. The van der Waals surface area contributed by atoms with Crippen molar-refractivity contribution in [1.29, 1.82) is 0 Å². The molecular weight excluding hydrogens is 178 g/mol. The van der Waals surface area contributed by atoms with E-state index in [0.29, 0.717) is 6.04 Å². The van der Waals surface area contributed by atoms with Gasteiger partial charge in [-0.2, -0.15) is 5.10 Å². The first-order chi connectivity index (χ1) is 6.92. The predicted molar refractivity (Wildman–Crippen MR) is 53.8 cm³/mol. The maximum atomic E-state index is 8.97. The summed E-state index contributed by atoms with van der Waals surface area (Å²) in [6, 6.07) is 2.46. The molecule has 2 heterocycles. The van der Waals surface area contributed by atoms with E-state index in [1.54, 1.807) is 6.20 Å². The number of aliphatic hydroxyl groups excluding tert-OH is 1. The topological polar surface area (TPSA) is 52.1 Å². The molecule has 2 N–H and O–H groups in total. The highest BCUT2D eigenvalue weighted by Gasteiger charge is 2.23. The van der Waals surface area contributed by atoms with E-state index in [1.807, 2.05) is 6.07 Å². The fourth-order valence-electron chi connectivity index (χ4n) is 2.19. The van der Waals surface area contributed by atoms with E-state index in [0.717, 1.165) is 13.1 Å². The third-order valence-electron chi connectivity index (χ3n) is 2.88. The Kier molecular flexibility index (Phi) is 3.16. The smallest absolute Gasteiger partial charge is 0.0558 e. The van der Waals surface area contributed by atoms with Gasteiger partial charge in [0.15, 0.2) is 0 Å². The molecule has 0 radical (unpaired) electrons. The highest BCUT2D eigenvalue weighted by atomic mass is 16.3. The second-order valence-electron chi connectivity index (χ2n) is 3.78. The fraction of sp³-hybridized carbons (Fsp3) is 0.700. The largest absolute Gasteiger partial charge is 0.395 e. The van der Waals surface area contributed by atoms with Crippen molar-refractivity contribution in [3.63, 3.8) is 0 Å². The molecule has 4 nitrogen and oxygen atoms in total. The van der Waals surface area contributed by atoms with Gasteiger partial charge in [-0.05, 0) is 25.5 Å². The lowest BCUT2D eigenvalue weighted by atomic mass is 9.99. The van der Waals surface area contributed by atoms with Crippen LogP contribution in [0.1, 0.15) is 31.0 Å². The third-order valence-corrected chi connectivity index (χ3v) is 2.88. The number of aromatic nitrogens is 2. The molecule has 1 aromatic rings. The third kappa shape index (κ3) is 1.96. The van der Waals surface area contributed by atoms with Crippen LogP contribution in [0.4, 0.5) is 0 Å². The van der Waals surface area contributed by atoms with Gasteiger partial charge in [0.2, 0.25) is 0 Å². The summed E-state index contributed by atoms with van der Waals surface area (Å²) in [5, 5.41) is 16.0. The van der Waals surface area contributed by atoms with Crippen LogP contribution in [0.25, 0.3) is 0 Å². The van der Waals surface area contributed by atoms with Crippen molar-refractivity contribution in [3.05, 3.63) is 18.0 Å². The van der Waals surface area contributed by atoms with E-state index < -0.39 is 0 Å². The fourth-order valence-corrected chi connectivity index (χ4v) is 2.19. The van der Waals surface area contributed by atoms with Crippen molar-refractivity contribution in [2.75, 3.05) is 19.7 Å². The number of aromatic amines is 1. The number of β-amino-alcohol motifs (C(OH)–C–C–N with tert-alkyl or cyclic N) is 1. The van der Waals surface area contributed by atoms with Crippen LogP contribution in [0.2, 0.25) is 0 Å². The average Bonchev–Trinajstić information content (AvgIpc) is 2.72. The molecule has 1 aliphatic rings. The number of piperidine rings is 1. The van der Waals surface area contributed by atoms with Crippen LogP contribution in [0, 0.1) is 0 Å². The summed E-state index contributed by atoms with van der Waals surface area (Å²) in [7, 11) is 0. The van der Waals surface area contributed by atoms with Crippen LogP contribution in [0.5, 0.6) is 0 Å². The summed E-state index contributed by atoms with van der Waals surface area (Å²) in [4.78, 5) is 2.33. The zero-order valence-electron chi connectivity index (χ0n) is 8.32. The lowest BCUT2D eigenvalue weighted by Crippen LogP contribution is -2.35. The number of nitrogens with zero attached hydrogens (tertiary/aromatic N) is 2. The standard InChI is InChI=1S/C10H17N3O/c14-8-7-13-6-2-1-3-10(13)9-4-5-11-12-9/h4-5,10,14H,1-3,6-8H2,(H,11,12)/t10-/m0/s1. The zero-order chi connectivity index (χ0) is 9.80. The molecule has 0 aliphatic carbocycles. The summed E-state index contributed by atoms with van der Waals surface area (Å²) in [6.45, 7) is 2.10. The van der Waals surface area contributed by atoms with Crippen molar-refractivity contribution in [2.24, 2.45) is 0 Å². The molecule has 1 aromatic heterocycles. The average molecular weight is 195 g/mol. The van der Waals surface area contributed by atoms with Gasteiger partial charge in [0.25, 0.3) is 0 Å². The summed E-state index contributed by atoms with van der Waals surface area (Å²) in [5.74, 6) is 0. The molecule has 1 fully saturated rings. The van der Waals surface area contributed by atoms with Gasteiger partial charge in [0.05, 0.1) is 18.3 Å². The van der Waals surface area contributed by atoms with Gasteiger partial charge < -0.3 is 5.11 Å². The van der Waals surface area contributed by atoms with Gasteiger partial charge >= 0.3 is 0 Å². The van der Waals surface area contributed by atoms with Crippen molar-refractivity contribution >= 4 is 0 Å². The van der Waals surface area contributed by atoms with Crippen LogP contribution in [0.15, 0.2) is 12.3 Å². The van der Waals surface area contributed by atoms with Gasteiger partial charge in [-0.1, -0.05) is 6.42 Å². The van der Waals surface area contributed by atoms with Crippen LogP contribution >= 0.6 is 0 Å². The first-order valence-corrected chi connectivity index (χ1v) is 5.26. The Morgan fingerprint density at radius 1 is 1.57 bits per heavy atom. The minimum atomic E-state index is 0.241. The Bertz CT molecular complexity index is 258. The molecule has 0 unspecified atom stereocenters. The number of hydrogen-bond acceptors (Lipinski definition) is 3. The minimum absolute atomic E-state index is 0.241. The van der Waals surface area contributed by atoms with Crippen LogP contribution < -0.4 is 0 Å². The molecular formula is C10H17N3O. The van der Waals surface area contributed by atoms with Gasteiger partial charge in [0, 0.05) is 12.7 Å². The number of nitrogens with one attached hydrogen (secondary N) is 1. The maximum absolute atomic E-state index is 8.97. The number of H-pyrrole nitrogens is 1. The van der Waals surface area contributed by atoms with E-state index in [-0.39, 0.29) is 6.61 Å². The molecule has 2 rings (SSSR count). The van der Waals surface area contributed by atoms with Crippen LogP contribution in [-0.2, 0) is 0 Å². The molecule has 0 aromatic carbocycles.